The zero-order chi connectivity index (χ0) is 16.9. The van der Waals surface area contributed by atoms with Crippen LogP contribution < -0.4 is 4.74 Å². The first-order valence-electron chi connectivity index (χ1n) is 7.15. The second-order valence-corrected chi connectivity index (χ2v) is 8.42. The lowest BCUT2D eigenvalue weighted by molar-refractivity contribution is 0.414. The van der Waals surface area contributed by atoms with Gasteiger partial charge in [0.1, 0.15) is 5.75 Å². The van der Waals surface area contributed by atoms with Crippen LogP contribution in [-0.4, -0.2) is 33.9 Å². The fourth-order valence-corrected chi connectivity index (χ4v) is 3.96. The van der Waals surface area contributed by atoms with Crippen LogP contribution >= 0.6 is 11.8 Å². The quantitative estimate of drug-likeness (QED) is 0.767. The van der Waals surface area contributed by atoms with Crippen LogP contribution in [0.5, 0.6) is 5.75 Å². The number of benzene rings is 2. The van der Waals surface area contributed by atoms with Crippen molar-refractivity contribution in [2.24, 2.45) is 0 Å². The molecular formula is C17H21NO3S2. The molecule has 0 atom stereocenters. The molecule has 0 aromatic heterocycles. The van der Waals surface area contributed by atoms with Gasteiger partial charge in [0.2, 0.25) is 10.0 Å². The number of hydrogen-bond donors (Lipinski definition) is 0. The standard InChI is InChI=1S/C17H21NO3S2/c1-18(2)23(19,20)17-9-5-7-15(11-17)13-22-12-14-6-4-8-16(10-14)21-3/h4-11H,12-13H2,1-3H3. The molecule has 0 amide bonds. The first kappa shape index (κ1) is 17.8. The molecule has 2 rings (SSSR count). The minimum absolute atomic E-state index is 0.335. The van der Waals surface area contributed by atoms with Crippen molar-refractivity contribution in [1.29, 1.82) is 0 Å². The Balaban J connectivity index is 2.01. The summed E-state index contributed by atoms with van der Waals surface area (Å²) in [5, 5.41) is 0. The van der Waals surface area contributed by atoms with E-state index in [4.69, 9.17) is 4.74 Å². The lowest BCUT2D eigenvalue weighted by Gasteiger charge is -2.12. The molecule has 0 fully saturated rings. The SMILES string of the molecule is COc1cccc(CSCc2cccc(S(=O)(=O)N(C)C)c2)c1. The van der Waals surface area contributed by atoms with E-state index >= 15 is 0 Å². The molecule has 0 spiro atoms. The van der Waals surface area contributed by atoms with E-state index in [2.05, 4.69) is 6.07 Å². The fourth-order valence-electron chi connectivity index (χ4n) is 2.06. The Bertz CT molecular complexity index is 758. The molecule has 0 saturated heterocycles. The molecule has 0 aliphatic carbocycles. The summed E-state index contributed by atoms with van der Waals surface area (Å²) in [6.07, 6.45) is 0. The van der Waals surface area contributed by atoms with Gasteiger partial charge in [0.15, 0.2) is 0 Å². The minimum atomic E-state index is -3.38. The van der Waals surface area contributed by atoms with Crippen LogP contribution in [-0.2, 0) is 21.5 Å². The van der Waals surface area contributed by atoms with Gasteiger partial charge in [-0.25, -0.2) is 12.7 Å². The van der Waals surface area contributed by atoms with E-state index in [1.165, 1.54) is 9.87 Å². The van der Waals surface area contributed by atoms with E-state index in [9.17, 15) is 8.42 Å². The molecule has 124 valence electrons. The summed E-state index contributed by atoms with van der Waals surface area (Å²) in [6.45, 7) is 0. The summed E-state index contributed by atoms with van der Waals surface area (Å²) in [4.78, 5) is 0.335. The van der Waals surface area contributed by atoms with Crippen molar-refractivity contribution in [3.63, 3.8) is 0 Å². The Morgan fingerprint density at radius 1 is 1.00 bits per heavy atom. The Labute approximate surface area is 142 Å². The number of hydrogen-bond acceptors (Lipinski definition) is 4. The third-order valence-corrected chi connectivity index (χ3v) is 6.23. The predicted molar refractivity (Wildman–Crippen MR) is 95.3 cm³/mol. The van der Waals surface area contributed by atoms with Crippen LogP contribution in [0.2, 0.25) is 0 Å². The average molecular weight is 351 g/mol. The fraction of sp³-hybridized carbons (Fsp3) is 0.294. The second-order valence-electron chi connectivity index (χ2n) is 5.28. The number of thioether (sulfide) groups is 1. The van der Waals surface area contributed by atoms with Crippen molar-refractivity contribution in [3.8, 4) is 5.75 Å². The smallest absolute Gasteiger partial charge is 0.242 e. The topological polar surface area (TPSA) is 46.6 Å². The summed E-state index contributed by atoms with van der Waals surface area (Å²) in [6, 6.07) is 15.1. The van der Waals surface area contributed by atoms with Crippen molar-refractivity contribution in [1.82, 2.24) is 4.31 Å². The van der Waals surface area contributed by atoms with E-state index in [1.807, 2.05) is 24.3 Å². The molecule has 0 saturated carbocycles. The molecule has 2 aromatic rings. The van der Waals surface area contributed by atoms with E-state index in [0.717, 1.165) is 22.8 Å². The third kappa shape index (κ3) is 4.73. The maximum atomic E-state index is 12.2. The highest BCUT2D eigenvalue weighted by Gasteiger charge is 2.16. The molecule has 0 radical (unpaired) electrons. The number of methoxy groups -OCH3 is 1. The molecule has 2 aromatic carbocycles. The number of rotatable bonds is 7. The highest BCUT2D eigenvalue weighted by Crippen LogP contribution is 2.22. The lowest BCUT2D eigenvalue weighted by atomic mass is 10.2. The number of nitrogens with zero attached hydrogens (tertiary/aromatic N) is 1. The predicted octanol–water partition coefficient (Wildman–Crippen LogP) is 3.38. The van der Waals surface area contributed by atoms with Gasteiger partial charge in [0.05, 0.1) is 12.0 Å². The molecule has 0 heterocycles. The van der Waals surface area contributed by atoms with Gasteiger partial charge < -0.3 is 4.74 Å². The van der Waals surface area contributed by atoms with Crippen molar-refractivity contribution in [3.05, 3.63) is 59.7 Å². The van der Waals surface area contributed by atoms with E-state index in [-0.39, 0.29) is 0 Å². The van der Waals surface area contributed by atoms with E-state index in [0.29, 0.717) is 4.90 Å². The summed E-state index contributed by atoms with van der Waals surface area (Å²) in [7, 11) is 1.36. The Hall–Kier alpha value is -1.50. The van der Waals surface area contributed by atoms with Gasteiger partial charge in [-0.3, -0.25) is 0 Å². The zero-order valence-corrected chi connectivity index (χ0v) is 15.2. The van der Waals surface area contributed by atoms with Crippen molar-refractivity contribution < 1.29 is 13.2 Å². The summed E-state index contributed by atoms with van der Waals surface area (Å²) < 4.78 is 30.8. The molecule has 0 aliphatic heterocycles. The first-order chi connectivity index (χ1) is 10.9. The maximum Gasteiger partial charge on any atom is 0.242 e. The molecule has 4 nitrogen and oxygen atoms in total. The van der Waals surface area contributed by atoms with Crippen LogP contribution in [0.1, 0.15) is 11.1 Å². The van der Waals surface area contributed by atoms with Gasteiger partial charge in [-0.15, -0.1) is 0 Å². The first-order valence-corrected chi connectivity index (χ1v) is 9.75. The zero-order valence-electron chi connectivity index (χ0n) is 13.5. The summed E-state index contributed by atoms with van der Waals surface area (Å²) >= 11 is 1.74. The normalized spacial score (nSPS) is 11.7. The molecule has 6 heteroatoms. The Morgan fingerprint density at radius 3 is 2.22 bits per heavy atom. The van der Waals surface area contributed by atoms with Crippen LogP contribution in [0, 0.1) is 0 Å². The molecule has 0 bridgehead atoms. The summed E-state index contributed by atoms with van der Waals surface area (Å²) in [5.74, 6) is 2.46. The average Bonchev–Trinajstić information content (AvgIpc) is 2.55. The lowest BCUT2D eigenvalue weighted by Crippen LogP contribution is -2.22. The second kappa shape index (κ2) is 7.86. The Kier molecular flexibility index (Phi) is 6.10. The van der Waals surface area contributed by atoms with Gasteiger partial charge in [-0.2, -0.15) is 11.8 Å². The molecule has 0 unspecified atom stereocenters. The monoisotopic (exact) mass is 351 g/mol. The molecule has 0 aliphatic rings. The van der Waals surface area contributed by atoms with Crippen molar-refractivity contribution in [2.45, 2.75) is 16.4 Å². The number of sulfonamides is 1. The molecular weight excluding hydrogens is 330 g/mol. The Morgan fingerprint density at radius 2 is 1.61 bits per heavy atom. The van der Waals surface area contributed by atoms with Gasteiger partial charge in [0.25, 0.3) is 0 Å². The van der Waals surface area contributed by atoms with Crippen molar-refractivity contribution >= 4 is 21.8 Å². The number of ether oxygens (including phenoxy) is 1. The minimum Gasteiger partial charge on any atom is -0.497 e. The van der Waals surface area contributed by atoms with Gasteiger partial charge in [-0.05, 0) is 35.4 Å². The van der Waals surface area contributed by atoms with Gasteiger partial charge >= 0.3 is 0 Å². The van der Waals surface area contributed by atoms with Crippen LogP contribution in [0.3, 0.4) is 0 Å². The largest absolute Gasteiger partial charge is 0.497 e. The highest BCUT2D eigenvalue weighted by atomic mass is 32.2. The highest BCUT2D eigenvalue weighted by molar-refractivity contribution is 7.97. The van der Waals surface area contributed by atoms with Gasteiger partial charge in [-0.1, -0.05) is 24.3 Å². The third-order valence-electron chi connectivity index (χ3n) is 3.35. The molecule has 23 heavy (non-hydrogen) atoms. The van der Waals surface area contributed by atoms with Crippen LogP contribution in [0.25, 0.3) is 0 Å². The van der Waals surface area contributed by atoms with Gasteiger partial charge in [0, 0.05) is 25.6 Å². The van der Waals surface area contributed by atoms with E-state index < -0.39 is 10.0 Å². The van der Waals surface area contributed by atoms with E-state index in [1.54, 1.807) is 51.2 Å². The van der Waals surface area contributed by atoms with Crippen molar-refractivity contribution in [2.75, 3.05) is 21.2 Å². The summed E-state index contributed by atoms with van der Waals surface area (Å²) in [5.41, 5.74) is 2.19. The molecule has 0 N–H and O–H groups in total. The van der Waals surface area contributed by atoms with Crippen LogP contribution in [0.15, 0.2) is 53.4 Å². The maximum absolute atomic E-state index is 12.2. The van der Waals surface area contributed by atoms with Crippen LogP contribution in [0.4, 0.5) is 0 Å².